The van der Waals surface area contributed by atoms with Crippen molar-refractivity contribution in [3.05, 3.63) is 76.8 Å². The van der Waals surface area contributed by atoms with E-state index in [0.717, 1.165) is 10.8 Å². The van der Waals surface area contributed by atoms with Crippen LogP contribution >= 0.6 is 11.6 Å². The molecule has 2 amide bonds. The molecule has 0 aliphatic carbocycles. The molecule has 3 rings (SSSR count). The van der Waals surface area contributed by atoms with Gasteiger partial charge in [0, 0.05) is 21.8 Å². The molecule has 0 aliphatic heterocycles. The summed E-state index contributed by atoms with van der Waals surface area (Å²) in [7, 11) is 0. The third-order valence-corrected chi connectivity index (χ3v) is 3.82. The van der Waals surface area contributed by atoms with E-state index in [2.05, 4.69) is 5.32 Å². The van der Waals surface area contributed by atoms with Crippen LogP contribution in [-0.4, -0.2) is 17.0 Å². The fourth-order valence-corrected chi connectivity index (χ4v) is 2.46. The number of hydrogen-bond donors (Lipinski definition) is 3. The lowest BCUT2D eigenvalue weighted by Gasteiger charge is -2.07. The average molecular weight is 341 g/mol. The number of benzene rings is 3. The van der Waals surface area contributed by atoms with Crippen molar-refractivity contribution in [2.75, 3.05) is 5.32 Å². The number of amides is 2. The zero-order chi connectivity index (χ0) is 17.1. The molecule has 120 valence electrons. The molecule has 0 unspecified atom stereocenters. The van der Waals surface area contributed by atoms with Crippen LogP contribution in [0.4, 0.5) is 5.69 Å². The first-order chi connectivity index (χ1) is 11.6. The second kappa shape index (κ2) is 6.70. The first-order valence-electron chi connectivity index (χ1n) is 7.12. The number of carbonyl (C=O) groups is 2. The quantitative estimate of drug-likeness (QED) is 0.500. The fourth-order valence-electron chi connectivity index (χ4n) is 2.33. The van der Waals surface area contributed by atoms with E-state index in [1.165, 1.54) is 0 Å². The minimum atomic E-state index is -0.582. The molecule has 0 spiro atoms. The lowest BCUT2D eigenvalue weighted by Crippen LogP contribution is -2.18. The summed E-state index contributed by atoms with van der Waals surface area (Å²) in [5.74, 6) is -0.821. The van der Waals surface area contributed by atoms with Crippen molar-refractivity contribution >= 4 is 39.9 Å². The smallest absolute Gasteiger partial charge is 0.274 e. The van der Waals surface area contributed by atoms with E-state index in [-0.39, 0.29) is 5.91 Å². The maximum Gasteiger partial charge on any atom is 0.274 e. The number of anilines is 1. The van der Waals surface area contributed by atoms with Crippen LogP contribution < -0.4 is 10.8 Å². The van der Waals surface area contributed by atoms with Gasteiger partial charge in [-0.05, 0) is 59.3 Å². The van der Waals surface area contributed by atoms with Crippen molar-refractivity contribution in [2.45, 2.75) is 0 Å². The average Bonchev–Trinajstić information content (AvgIpc) is 2.62. The Kier molecular flexibility index (Phi) is 4.46. The summed E-state index contributed by atoms with van der Waals surface area (Å²) in [6, 6.07) is 16.9. The number of hydroxylamine groups is 1. The van der Waals surface area contributed by atoms with Gasteiger partial charge in [-0.3, -0.25) is 14.8 Å². The van der Waals surface area contributed by atoms with Crippen LogP contribution in [0.25, 0.3) is 10.8 Å². The molecule has 3 aromatic carbocycles. The highest BCUT2D eigenvalue weighted by Crippen LogP contribution is 2.20. The predicted molar refractivity (Wildman–Crippen MR) is 92.6 cm³/mol. The van der Waals surface area contributed by atoms with Gasteiger partial charge in [-0.2, -0.15) is 0 Å². The topological polar surface area (TPSA) is 78.4 Å². The number of fused-ring (bicyclic) bond motifs is 1. The Morgan fingerprint density at radius 1 is 0.792 bits per heavy atom. The zero-order valence-electron chi connectivity index (χ0n) is 12.4. The van der Waals surface area contributed by atoms with Gasteiger partial charge in [0.1, 0.15) is 0 Å². The van der Waals surface area contributed by atoms with E-state index in [9.17, 15) is 9.59 Å². The van der Waals surface area contributed by atoms with Crippen molar-refractivity contribution in [1.82, 2.24) is 5.48 Å². The van der Waals surface area contributed by atoms with Gasteiger partial charge in [0.25, 0.3) is 11.8 Å². The van der Waals surface area contributed by atoms with Gasteiger partial charge in [0.2, 0.25) is 0 Å². The normalized spacial score (nSPS) is 10.4. The lowest BCUT2D eigenvalue weighted by molar-refractivity contribution is 0.0706. The van der Waals surface area contributed by atoms with Crippen LogP contribution in [0.2, 0.25) is 5.02 Å². The summed E-state index contributed by atoms with van der Waals surface area (Å²) >= 11 is 5.82. The highest BCUT2D eigenvalue weighted by molar-refractivity contribution is 6.30. The van der Waals surface area contributed by atoms with E-state index < -0.39 is 5.91 Å². The molecule has 0 aromatic heterocycles. The molecule has 3 aromatic rings. The van der Waals surface area contributed by atoms with Crippen LogP contribution in [0.5, 0.6) is 0 Å². The van der Waals surface area contributed by atoms with Gasteiger partial charge in [-0.1, -0.05) is 23.7 Å². The molecule has 3 N–H and O–H groups in total. The van der Waals surface area contributed by atoms with Crippen molar-refractivity contribution in [2.24, 2.45) is 0 Å². The Bertz CT molecular complexity index is 923. The van der Waals surface area contributed by atoms with E-state index in [1.807, 2.05) is 0 Å². The highest BCUT2D eigenvalue weighted by Gasteiger charge is 2.09. The predicted octanol–water partition coefficient (Wildman–Crippen LogP) is 3.86. The fraction of sp³-hybridized carbons (Fsp3) is 0. The van der Waals surface area contributed by atoms with E-state index in [4.69, 9.17) is 16.8 Å². The van der Waals surface area contributed by atoms with Gasteiger partial charge >= 0.3 is 0 Å². The van der Waals surface area contributed by atoms with Gasteiger partial charge in [-0.25, -0.2) is 5.48 Å². The Morgan fingerprint density at radius 2 is 1.33 bits per heavy atom. The molecule has 0 atom stereocenters. The van der Waals surface area contributed by atoms with Gasteiger partial charge in [0.15, 0.2) is 0 Å². The maximum atomic E-state index is 12.3. The number of nitrogens with one attached hydrogen (secondary N) is 2. The Balaban J connectivity index is 1.86. The van der Waals surface area contributed by atoms with Gasteiger partial charge in [-0.15, -0.1) is 0 Å². The third kappa shape index (κ3) is 3.37. The molecule has 0 saturated carbocycles. The molecule has 6 heteroatoms. The minimum Gasteiger partial charge on any atom is -0.322 e. The van der Waals surface area contributed by atoms with Crippen LogP contribution in [-0.2, 0) is 0 Å². The van der Waals surface area contributed by atoms with Crippen molar-refractivity contribution in [3.8, 4) is 0 Å². The van der Waals surface area contributed by atoms with Crippen molar-refractivity contribution < 1.29 is 14.8 Å². The Hall–Kier alpha value is -2.89. The highest BCUT2D eigenvalue weighted by atomic mass is 35.5. The second-order valence-corrected chi connectivity index (χ2v) is 5.62. The van der Waals surface area contributed by atoms with Crippen LogP contribution in [0.3, 0.4) is 0 Å². The summed E-state index contributed by atoms with van der Waals surface area (Å²) in [4.78, 5) is 23.7. The number of hydrogen-bond acceptors (Lipinski definition) is 3. The number of carbonyl (C=O) groups excluding carboxylic acids is 2. The van der Waals surface area contributed by atoms with E-state index >= 15 is 0 Å². The SMILES string of the molecule is O=C(NO)c1ccc2cc(C(=O)Nc3ccc(Cl)cc3)ccc2c1. The summed E-state index contributed by atoms with van der Waals surface area (Å²) in [6.07, 6.45) is 0. The lowest BCUT2D eigenvalue weighted by atomic mass is 10.0. The van der Waals surface area contributed by atoms with Crippen molar-refractivity contribution in [1.29, 1.82) is 0 Å². The summed E-state index contributed by atoms with van der Waals surface area (Å²) in [6.45, 7) is 0. The number of halogens is 1. The zero-order valence-corrected chi connectivity index (χ0v) is 13.2. The molecule has 0 radical (unpaired) electrons. The molecule has 0 aliphatic rings. The molecule has 5 nitrogen and oxygen atoms in total. The first kappa shape index (κ1) is 16.0. The van der Waals surface area contributed by atoms with Crippen LogP contribution in [0.1, 0.15) is 20.7 Å². The van der Waals surface area contributed by atoms with Crippen LogP contribution in [0, 0.1) is 0 Å². The molecule has 0 bridgehead atoms. The summed E-state index contributed by atoms with van der Waals surface area (Å²) < 4.78 is 0. The first-order valence-corrected chi connectivity index (χ1v) is 7.50. The van der Waals surface area contributed by atoms with Gasteiger partial charge < -0.3 is 5.32 Å². The maximum absolute atomic E-state index is 12.3. The molecule has 24 heavy (non-hydrogen) atoms. The minimum absolute atomic E-state index is 0.239. The van der Waals surface area contributed by atoms with Gasteiger partial charge in [0.05, 0.1) is 0 Å². The number of rotatable bonds is 3. The molecule has 0 fully saturated rings. The van der Waals surface area contributed by atoms with E-state index in [0.29, 0.717) is 21.8 Å². The second-order valence-electron chi connectivity index (χ2n) is 5.18. The third-order valence-electron chi connectivity index (χ3n) is 3.57. The molecular weight excluding hydrogens is 328 g/mol. The molecule has 0 heterocycles. The monoisotopic (exact) mass is 340 g/mol. The standard InChI is InChI=1S/C18H13ClN2O3/c19-15-5-7-16(8-6-15)20-17(22)13-3-1-12-10-14(18(23)21-24)4-2-11(12)9-13/h1-10,24H,(H,20,22)(H,21,23). The largest absolute Gasteiger partial charge is 0.322 e. The molecular formula is C18H13ClN2O3. The Morgan fingerprint density at radius 3 is 1.88 bits per heavy atom. The van der Waals surface area contributed by atoms with Crippen LogP contribution in [0.15, 0.2) is 60.7 Å². The molecule has 0 saturated heterocycles. The Labute approximate surface area is 142 Å². The van der Waals surface area contributed by atoms with Crippen molar-refractivity contribution in [3.63, 3.8) is 0 Å². The summed E-state index contributed by atoms with van der Waals surface area (Å²) in [5.41, 5.74) is 3.08. The van der Waals surface area contributed by atoms with E-state index in [1.54, 1.807) is 66.1 Å². The summed E-state index contributed by atoms with van der Waals surface area (Å²) in [5, 5.41) is 13.7.